The highest BCUT2D eigenvalue weighted by Gasteiger charge is 2.16. The molecule has 0 aliphatic heterocycles. The van der Waals surface area contributed by atoms with Crippen molar-refractivity contribution < 1.29 is 14.6 Å². The molecule has 0 spiro atoms. The first-order chi connectivity index (χ1) is 9.22. The number of benzene rings is 1. The fraction of sp³-hybridized carbons (Fsp3) is 0.286. The first kappa shape index (κ1) is 14.7. The number of nitriles is 1. The molecule has 0 saturated heterocycles. The third kappa shape index (κ3) is 4.45. The van der Waals surface area contributed by atoms with E-state index in [4.69, 9.17) is 10.00 Å². The molecule has 1 aromatic rings. The topological polar surface area (TPSA) is 82.3 Å². The number of aliphatic hydroxyl groups is 1. The molecular formula is C14H16N2O3. The average molecular weight is 260 g/mol. The minimum absolute atomic E-state index is 0.128. The van der Waals surface area contributed by atoms with E-state index in [1.54, 1.807) is 25.1 Å². The van der Waals surface area contributed by atoms with E-state index < -0.39 is 11.9 Å². The van der Waals surface area contributed by atoms with Crippen LogP contribution >= 0.6 is 0 Å². The smallest absolute Gasteiger partial charge is 0.265 e. The summed E-state index contributed by atoms with van der Waals surface area (Å²) in [7, 11) is 0. The molecule has 0 aliphatic carbocycles. The molecule has 0 saturated carbocycles. The van der Waals surface area contributed by atoms with Crippen LogP contribution in [-0.4, -0.2) is 24.2 Å². The molecule has 1 atom stereocenters. The van der Waals surface area contributed by atoms with E-state index in [0.717, 1.165) is 11.8 Å². The summed E-state index contributed by atoms with van der Waals surface area (Å²) < 4.78 is 4.92. The van der Waals surface area contributed by atoms with Gasteiger partial charge in [-0.05, 0) is 12.5 Å². The molecule has 1 amide bonds. The summed E-state index contributed by atoms with van der Waals surface area (Å²) >= 11 is 0. The number of nitrogens with zero attached hydrogens (tertiary/aromatic N) is 1. The van der Waals surface area contributed by atoms with Gasteiger partial charge < -0.3 is 15.2 Å². The Bertz CT molecular complexity index is 477. The molecule has 0 heterocycles. The number of amides is 1. The predicted octanol–water partition coefficient (Wildman–Crippen LogP) is 1.28. The Hall–Kier alpha value is -2.32. The minimum Gasteiger partial charge on any atom is -0.500 e. The Morgan fingerprint density at radius 1 is 1.53 bits per heavy atom. The van der Waals surface area contributed by atoms with Gasteiger partial charge in [-0.1, -0.05) is 30.3 Å². The standard InChI is InChI=1S/C14H16N2O3/c1-2-19-10-12(8-15)14(18)16-13(9-17)11-6-4-3-5-7-11/h3-7,10,13,17H,2,9H2,1H3,(H,16,18)/b12-10-. The second-order valence-corrected chi connectivity index (χ2v) is 3.72. The second kappa shape index (κ2) is 7.90. The second-order valence-electron chi connectivity index (χ2n) is 3.72. The molecule has 0 radical (unpaired) electrons. The van der Waals surface area contributed by atoms with E-state index in [1.807, 2.05) is 18.2 Å². The summed E-state index contributed by atoms with van der Waals surface area (Å²) in [5.74, 6) is -0.571. The summed E-state index contributed by atoms with van der Waals surface area (Å²) in [5.41, 5.74) is 0.642. The van der Waals surface area contributed by atoms with Gasteiger partial charge in [0.05, 0.1) is 19.3 Å². The van der Waals surface area contributed by atoms with Crippen molar-refractivity contribution in [3.8, 4) is 6.07 Å². The van der Waals surface area contributed by atoms with Crippen LogP contribution in [-0.2, 0) is 9.53 Å². The van der Waals surface area contributed by atoms with Gasteiger partial charge in [-0.3, -0.25) is 4.79 Å². The molecule has 1 aromatic carbocycles. The fourth-order valence-corrected chi connectivity index (χ4v) is 1.45. The zero-order valence-corrected chi connectivity index (χ0v) is 10.7. The monoisotopic (exact) mass is 260 g/mol. The van der Waals surface area contributed by atoms with Crippen molar-refractivity contribution in [1.29, 1.82) is 5.26 Å². The summed E-state index contributed by atoms with van der Waals surface area (Å²) in [4.78, 5) is 11.8. The maximum absolute atomic E-state index is 11.8. The Morgan fingerprint density at radius 2 is 2.21 bits per heavy atom. The highest BCUT2D eigenvalue weighted by molar-refractivity contribution is 5.97. The number of nitrogens with one attached hydrogen (secondary N) is 1. The number of hydrogen-bond donors (Lipinski definition) is 2. The maximum Gasteiger partial charge on any atom is 0.265 e. The van der Waals surface area contributed by atoms with Gasteiger partial charge >= 0.3 is 0 Å². The van der Waals surface area contributed by atoms with Gasteiger partial charge in [0.25, 0.3) is 5.91 Å². The van der Waals surface area contributed by atoms with Crippen LogP contribution < -0.4 is 5.32 Å². The molecule has 100 valence electrons. The van der Waals surface area contributed by atoms with Gasteiger partial charge in [0.15, 0.2) is 5.57 Å². The van der Waals surface area contributed by atoms with Crippen LogP contribution in [0, 0.1) is 11.3 Å². The van der Waals surface area contributed by atoms with Crippen LogP contribution in [0.25, 0.3) is 0 Å². The zero-order valence-electron chi connectivity index (χ0n) is 10.7. The number of aliphatic hydroxyl groups excluding tert-OH is 1. The van der Waals surface area contributed by atoms with Crippen molar-refractivity contribution in [2.45, 2.75) is 13.0 Å². The lowest BCUT2D eigenvalue weighted by Gasteiger charge is -2.16. The molecule has 1 unspecified atom stereocenters. The molecule has 5 heteroatoms. The van der Waals surface area contributed by atoms with Crippen molar-refractivity contribution in [3.05, 3.63) is 47.7 Å². The Labute approximate surface area is 112 Å². The molecule has 2 N–H and O–H groups in total. The number of carbonyl (C=O) groups excluding carboxylic acids is 1. The number of carbonyl (C=O) groups is 1. The third-order valence-electron chi connectivity index (χ3n) is 2.42. The Morgan fingerprint density at radius 3 is 2.74 bits per heavy atom. The van der Waals surface area contributed by atoms with Crippen LogP contribution in [0.3, 0.4) is 0 Å². The third-order valence-corrected chi connectivity index (χ3v) is 2.42. The van der Waals surface area contributed by atoms with E-state index in [0.29, 0.717) is 6.61 Å². The van der Waals surface area contributed by atoms with Crippen molar-refractivity contribution in [1.82, 2.24) is 5.32 Å². The van der Waals surface area contributed by atoms with Gasteiger partial charge in [0, 0.05) is 0 Å². The summed E-state index contributed by atoms with van der Waals surface area (Å²) in [5, 5.41) is 20.8. The fourth-order valence-electron chi connectivity index (χ4n) is 1.45. The SMILES string of the molecule is CCO/C=C(/C#N)C(=O)NC(CO)c1ccccc1. The molecule has 19 heavy (non-hydrogen) atoms. The first-order valence-electron chi connectivity index (χ1n) is 5.91. The molecule has 1 rings (SSSR count). The van der Waals surface area contributed by atoms with Crippen LogP contribution in [0.5, 0.6) is 0 Å². The average Bonchev–Trinajstić information content (AvgIpc) is 2.46. The van der Waals surface area contributed by atoms with Crippen molar-refractivity contribution >= 4 is 5.91 Å². The summed E-state index contributed by atoms with van der Waals surface area (Å²) in [6, 6.07) is 10.3. The van der Waals surface area contributed by atoms with E-state index in [9.17, 15) is 9.90 Å². The van der Waals surface area contributed by atoms with Crippen molar-refractivity contribution in [3.63, 3.8) is 0 Å². The van der Waals surface area contributed by atoms with E-state index in [-0.39, 0.29) is 12.2 Å². The van der Waals surface area contributed by atoms with E-state index in [1.165, 1.54) is 0 Å². The Balaban J connectivity index is 2.76. The summed E-state index contributed by atoms with van der Waals surface area (Å²) in [6.45, 7) is 1.88. The quantitative estimate of drug-likeness (QED) is 0.458. The van der Waals surface area contributed by atoms with E-state index in [2.05, 4.69) is 5.32 Å². The highest BCUT2D eigenvalue weighted by Crippen LogP contribution is 2.12. The lowest BCUT2D eigenvalue weighted by Crippen LogP contribution is -2.31. The molecule has 0 fully saturated rings. The van der Waals surface area contributed by atoms with Crippen LogP contribution in [0.2, 0.25) is 0 Å². The maximum atomic E-state index is 11.8. The van der Waals surface area contributed by atoms with Gasteiger partial charge in [0.2, 0.25) is 0 Å². The number of rotatable bonds is 6. The lowest BCUT2D eigenvalue weighted by molar-refractivity contribution is -0.118. The number of hydrogen-bond acceptors (Lipinski definition) is 4. The van der Waals surface area contributed by atoms with E-state index >= 15 is 0 Å². The molecular weight excluding hydrogens is 244 g/mol. The van der Waals surface area contributed by atoms with Crippen molar-refractivity contribution in [2.24, 2.45) is 0 Å². The molecule has 0 aliphatic rings. The van der Waals surface area contributed by atoms with Crippen LogP contribution in [0.1, 0.15) is 18.5 Å². The lowest BCUT2D eigenvalue weighted by atomic mass is 10.1. The zero-order chi connectivity index (χ0) is 14.1. The Kier molecular flexibility index (Phi) is 6.13. The van der Waals surface area contributed by atoms with Crippen molar-refractivity contribution in [2.75, 3.05) is 13.2 Å². The van der Waals surface area contributed by atoms with Gasteiger partial charge in [-0.25, -0.2) is 0 Å². The predicted molar refractivity (Wildman–Crippen MR) is 69.7 cm³/mol. The van der Waals surface area contributed by atoms with Gasteiger partial charge in [-0.15, -0.1) is 0 Å². The molecule has 5 nitrogen and oxygen atoms in total. The van der Waals surface area contributed by atoms with Gasteiger partial charge in [-0.2, -0.15) is 5.26 Å². The van der Waals surface area contributed by atoms with Crippen LogP contribution in [0.15, 0.2) is 42.2 Å². The number of ether oxygens (including phenoxy) is 1. The largest absolute Gasteiger partial charge is 0.500 e. The molecule has 0 bridgehead atoms. The minimum atomic E-state index is -0.571. The first-order valence-corrected chi connectivity index (χ1v) is 5.91. The van der Waals surface area contributed by atoms with Gasteiger partial charge in [0.1, 0.15) is 12.3 Å². The molecule has 0 aromatic heterocycles. The highest BCUT2D eigenvalue weighted by atomic mass is 16.5. The summed E-state index contributed by atoms with van der Waals surface area (Å²) in [6.07, 6.45) is 1.12. The normalized spacial score (nSPS) is 12.4. The van der Waals surface area contributed by atoms with Crippen LogP contribution in [0.4, 0.5) is 0 Å².